The van der Waals surface area contributed by atoms with Crippen LogP contribution in [0.2, 0.25) is 0 Å². The van der Waals surface area contributed by atoms with Crippen LogP contribution in [0.15, 0.2) is 42.5 Å². The molecule has 0 saturated heterocycles. The first kappa shape index (κ1) is 18.3. The predicted molar refractivity (Wildman–Crippen MR) is 96.3 cm³/mol. The van der Waals surface area contributed by atoms with Gasteiger partial charge in [0.15, 0.2) is 0 Å². The minimum atomic E-state index is -0.196. The Hall–Kier alpha value is -3.02. The van der Waals surface area contributed by atoms with Crippen LogP contribution in [0.4, 0.5) is 5.69 Å². The summed E-state index contributed by atoms with van der Waals surface area (Å²) in [4.78, 5) is 25.8. The number of nitrogens with one attached hydrogen (secondary N) is 1. The second kappa shape index (κ2) is 8.19. The van der Waals surface area contributed by atoms with Gasteiger partial charge < -0.3 is 19.7 Å². The Balaban J connectivity index is 2.11. The Labute approximate surface area is 147 Å². The quantitative estimate of drug-likeness (QED) is 0.876. The minimum Gasteiger partial charge on any atom is -0.497 e. The Morgan fingerprint density at radius 2 is 1.80 bits per heavy atom. The summed E-state index contributed by atoms with van der Waals surface area (Å²) in [6.07, 6.45) is 0.152. The van der Waals surface area contributed by atoms with Gasteiger partial charge in [0.2, 0.25) is 5.91 Å². The summed E-state index contributed by atoms with van der Waals surface area (Å²) < 4.78 is 10.5. The number of carbonyl (C=O) groups excluding carboxylic acids is 2. The number of hydrogen-bond acceptors (Lipinski definition) is 4. The highest BCUT2D eigenvalue weighted by Crippen LogP contribution is 2.25. The van der Waals surface area contributed by atoms with E-state index in [1.807, 2.05) is 0 Å². The maximum atomic E-state index is 12.3. The third-order valence-electron chi connectivity index (χ3n) is 3.64. The van der Waals surface area contributed by atoms with Crippen molar-refractivity contribution >= 4 is 17.5 Å². The van der Waals surface area contributed by atoms with Crippen molar-refractivity contribution in [1.82, 2.24) is 4.90 Å². The largest absolute Gasteiger partial charge is 0.497 e. The molecule has 0 heterocycles. The summed E-state index contributed by atoms with van der Waals surface area (Å²) >= 11 is 0. The maximum absolute atomic E-state index is 12.3. The fourth-order valence-corrected chi connectivity index (χ4v) is 2.36. The summed E-state index contributed by atoms with van der Waals surface area (Å²) in [5, 5.41) is 2.81. The van der Waals surface area contributed by atoms with E-state index in [9.17, 15) is 9.59 Å². The molecule has 0 saturated carbocycles. The first-order chi connectivity index (χ1) is 11.9. The van der Waals surface area contributed by atoms with Crippen molar-refractivity contribution in [2.45, 2.75) is 6.42 Å². The van der Waals surface area contributed by atoms with E-state index in [1.54, 1.807) is 70.8 Å². The van der Waals surface area contributed by atoms with E-state index in [2.05, 4.69) is 5.32 Å². The van der Waals surface area contributed by atoms with Crippen molar-refractivity contribution in [2.24, 2.45) is 0 Å². The van der Waals surface area contributed by atoms with E-state index < -0.39 is 0 Å². The number of amides is 2. The lowest BCUT2D eigenvalue weighted by molar-refractivity contribution is -0.115. The van der Waals surface area contributed by atoms with Gasteiger partial charge in [-0.1, -0.05) is 12.1 Å². The third kappa shape index (κ3) is 4.73. The molecule has 2 amide bonds. The first-order valence-electron chi connectivity index (χ1n) is 7.77. The molecule has 0 atom stereocenters. The van der Waals surface area contributed by atoms with E-state index in [0.29, 0.717) is 22.7 Å². The molecule has 25 heavy (non-hydrogen) atoms. The van der Waals surface area contributed by atoms with Gasteiger partial charge in [0, 0.05) is 37.0 Å². The molecule has 0 bridgehead atoms. The number of carbonyl (C=O) groups is 2. The molecule has 0 aliphatic carbocycles. The molecule has 6 heteroatoms. The van der Waals surface area contributed by atoms with Crippen LogP contribution in [0, 0.1) is 0 Å². The number of benzene rings is 2. The standard InChI is InChI=1S/C19H22N2O4/c1-21(2)19(23)14-6-5-7-15(10-14)20-18(22)11-13-8-9-16(24-3)12-17(13)25-4/h5-10,12H,11H2,1-4H3,(H,20,22). The van der Waals surface area contributed by atoms with Crippen LogP contribution in [0.1, 0.15) is 15.9 Å². The van der Waals surface area contributed by atoms with Crippen LogP contribution in [-0.4, -0.2) is 45.0 Å². The van der Waals surface area contributed by atoms with Gasteiger partial charge in [-0.15, -0.1) is 0 Å². The van der Waals surface area contributed by atoms with Gasteiger partial charge >= 0.3 is 0 Å². The molecule has 6 nitrogen and oxygen atoms in total. The van der Waals surface area contributed by atoms with Crippen LogP contribution in [0.5, 0.6) is 11.5 Å². The summed E-state index contributed by atoms with van der Waals surface area (Å²) in [6, 6.07) is 12.2. The van der Waals surface area contributed by atoms with E-state index in [1.165, 1.54) is 4.90 Å². The van der Waals surface area contributed by atoms with Gasteiger partial charge in [0.25, 0.3) is 5.91 Å². The lowest BCUT2D eigenvalue weighted by Crippen LogP contribution is -2.22. The number of hydrogen-bond donors (Lipinski definition) is 1. The fraction of sp³-hybridized carbons (Fsp3) is 0.263. The Bertz CT molecular complexity index is 772. The van der Waals surface area contributed by atoms with E-state index in [-0.39, 0.29) is 18.2 Å². The highest BCUT2D eigenvalue weighted by atomic mass is 16.5. The third-order valence-corrected chi connectivity index (χ3v) is 3.64. The lowest BCUT2D eigenvalue weighted by Gasteiger charge is -2.13. The van der Waals surface area contributed by atoms with Gasteiger partial charge in [0.05, 0.1) is 20.6 Å². The van der Waals surface area contributed by atoms with E-state index >= 15 is 0 Å². The second-order valence-electron chi connectivity index (χ2n) is 5.68. The van der Waals surface area contributed by atoms with Gasteiger partial charge in [-0.2, -0.15) is 0 Å². The van der Waals surface area contributed by atoms with Crippen molar-refractivity contribution in [3.63, 3.8) is 0 Å². The Morgan fingerprint density at radius 3 is 2.44 bits per heavy atom. The van der Waals surface area contributed by atoms with Crippen molar-refractivity contribution in [3.8, 4) is 11.5 Å². The normalized spacial score (nSPS) is 10.1. The summed E-state index contributed by atoms with van der Waals surface area (Å²) in [5.41, 5.74) is 1.84. The first-order valence-corrected chi connectivity index (χ1v) is 7.77. The Kier molecular flexibility index (Phi) is 6.00. The van der Waals surface area contributed by atoms with Crippen molar-refractivity contribution in [1.29, 1.82) is 0 Å². The van der Waals surface area contributed by atoms with Gasteiger partial charge in [-0.05, 0) is 24.3 Å². The van der Waals surface area contributed by atoms with Crippen LogP contribution in [-0.2, 0) is 11.2 Å². The van der Waals surface area contributed by atoms with Crippen LogP contribution in [0.3, 0.4) is 0 Å². The molecule has 0 radical (unpaired) electrons. The summed E-state index contributed by atoms with van der Waals surface area (Å²) in [7, 11) is 6.49. The smallest absolute Gasteiger partial charge is 0.253 e. The molecule has 0 spiro atoms. The molecular formula is C19H22N2O4. The molecule has 132 valence electrons. The van der Waals surface area contributed by atoms with Crippen LogP contribution >= 0.6 is 0 Å². The van der Waals surface area contributed by atoms with Crippen molar-refractivity contribution < 1.29 is 19.1 Å². The number of ether oxygens (including phenoxy) is 2. The average Bonchev–Trinajstić information content (AvgIpc) is 2.61. The van der Waals surface area contributed by atoms with Crippen LogP contribution < -0.4 is 14.8 Å². The number of methoxy groups -OCH3 is 2. The molecular weight excluding hydrogens is 320 g/mol. The maximum Gasteiger partial charge on any atom is 0.253 e. The summed E-state index contributed by atoms with van der Waals surface area (Å²) in [6.45, 7) is 0. The highest BCUT2D eigenvalue weighted by Gasteiger charge is 2.12. The van der Waals surface area contributed by atoms with Gasteiger partial charge in [-0.3, -0.25) is 9.59 Å². The Morgan fingerprint density at radius 1 is 1.04 bits per heavy atom. The topological polar surface area (TPSA) is 67.9 Å². The average molecular weight is 342 g/mol. The molecule has 0 aromatic heterocycles. The fourth-order valence-electron chi connectivity index (χ4n) is 2.36. The number of rotatable bonds is 6. The van der Waals surface area contributed by atoms with Gasteiger partial charge in [0.1, 0.15) is 11.5 Å². The molecule has 0 aliphatic rings. The zero-order chi connectivity index (χ0) is 18.4. The van der Waals surface area contributed by atoms with Crippen LogP contribution in [0.25, 0.3) is 0 Å². The monoisotopic (exact) mass is 342 g/mol. The zero-order valence-corrected chi connectivity index (χ0v) is 14.8. The highest BCUT2D eigenvalue weighted by molar-refractivity contribution is 5.97. The lowest BCUT2D eigenvalue weighted by atomic mass is 10.1. The minimum absolute atomic E-state index is 0.118. The van der Waals surface area contributed by atoms with E-state index in [0.717, 1.165) is 5.56 Å². The molecule has 2 aromatic carbocycles. The SMILES string of the molecule is COc1ccc(CC(=O)Nc2cccc(C(=O)N(C)C)c2)c(OC)c1. The second-order valence-corrected chi connectivity index (χ2v) is 5.68. The predicted octanol–water partition coefficient (Wildman–Crippen LogP) is 2.59. The summed E-state index contributed by atoms with van der Waals surface area (Å²) in [5.74, 6) is 0.938. The van der Waals surface area contributed by atoms with E-state index in [4.69, 9.17) is 9.47 Å². The number of nitrogens with zero attached hydrogens (tertiary/aromatic N) is 1. The number of anilines is 1. The zero-order valence-electron chi connectivity index (χ0n) is 14.8. The molecule has 0 fully saturated rings. The van der Waals surface area contributed by atoms with Crippen molar-refractivity contribution in [3.05, 3.63) is 53.6 Å². The van der Waals surface area contributed by atoms with Gasteiger partial charge in [-0.25, -0.2) is 0 Å². The molecule has 0 aliphatic heterocycles. The molecule has 1 N–H and O–H groups in total. The van der Waals surface area contributed by atoms with Crippen molar-refractivity contribution in [2.75, 3.05) is 33.6 Å². The molecule has 2 aromatic rings. The molecule has 0 unspecified atom stereocenters. The molecule has 2 rings (SSSR count).